The zero-order chi connectivity index (χ0) is 21.8. The fourth-order valence-corrected chi connectivity index (χ4v) is 2.53. The first-order chi connectivity index (χ1) is 14.5. The molecule has 0 aliphatic heterocycles. The second kappa shape index (κ2) is 12.3. The highest BCUT2D eigenvalue weighted by Gasteiger charge is 2.26. The molecule has 30 heavy (non-hydrogen) atoms. The summed E-state index contributed by atoms with van der Waals surface area (Å²) >= 11 is 0. The third kappa shape index (κ3) is 8.34. The summed E-state index contributed by atoms with van der Waals surface area (Å²) in [6, 6.07) is 17.2. The summed E-state index contributed by atoms with van der Waals surface area (Å²) in [6.07, 6.45) is -0.357. The Morgan fingerprint density at radius 3 is 1.90 bits per heavy atom. The van der Waals surface area contributed by atoms with Crippen molar-refractivity contribution in [3.63, 3.8) is 0 Å². The maximum atomic E-state index is 12.5. The van der Waals surface area contributed by atoms with Gasteiger partial charge in [0.1, 0.15) is 19.3 Å². The number of esters is 1. The monoisotopic (exact) mass is 412 g/mol. The van der Waals surface area contributed by atoms with E-state index in [1.165, 1.54) is 0 Å². The Bertz CT molecular complexity index is 753. The van der Waals surface area contributed by atoms with Crippen molar-refractivity contribution in [1.82, 2.24) is 10.6 Å². The number of alkyl carbamates (subject to hydrolysis) is 1. The van der Waals surface area contributed by atoms with Crippen LogP contribution in [0.3, 0.4) is 0 Å². The molecule has 0 aliphatic carbocycles. The van der Waals surface area contributed by atoms with Crippen molar-refractivity contribution < 1.29 is 23.9 Å². The Kier molecular flexibility index (Phi) is 9.37. The quantitative estimate of drug-likeness (QED) is 0.584. The molecule has 7 heteroatoms. The number of hydrogen-bond acceptors (Lipinski definition) is 5. The number of carbonyl (C=O) groups is 3. The molecule has 2 N–H and O–H groups in total. The fraction of sp³-hybridized carbons (Fsp3) is 0.348. The van der Waals surface area contributed by atoms with E-state index >= 15 is 0 Å². The molecule has 0 fully saturated rings. The minimum Gasteiger partial charge on any atom is -0.461 e. The summed E-state index contributed by atoms with van der Waals surface area (Å²) in [5, 5.41) is 5.24. The van der Waals surface area contributed by atoms with Crippen LogP contribution in [-0.2, 0) is 32.3 Å². The zero-order valence-electron chi connectivity index (χ0n) is 17.3. The van der Waals surface area contributed by atoms with Gasteiger partial charge in [0.15, 0.2) is 0 Å². The zero-order valence-corrected chi connectivity index (χ0v) is 17.3. The van der Waals surface area contributed by atoms with Crippen LogP contribution in [0.1, 0.15) is 37.8 Å². The van der Waals surface area contributed by atoms with E-state index in [0.29, 0.717) is 0 Å². The Morgan fingerprint density at radius 2 is 1.37 bits per heavy atom. The molecular formula is C23H28N2O5. The van der Waals surface area contributed by atoms with Crippen molar-refractivity contribution in [3.05, 3.63) is 71.8 Å². The largest absolute Gasteiger partial charge is 0.461 e. The van der Waals surface area contributed by atoms with Crippen LogP contribution in [0.4, 0.5) is 4.79 Å². The molecule has 2 amide bonds. The van der Waals surface area contributed by atoms with Gasteiger partial charge in [0.25, 0.3) is 0 Å². The number of hydrogen-bond donors (Lipinski definition) is 2. The molecular weight excluding hydrogens is 384 g/mol. The van der Waals surface area contributed by atoms with Crippen molar-refractivity contribution in [1.29, 1.82) is 0 Å². The van der Waals surface area contributed by atoms with Crippen LogP contribution in [0.15, 0.2) is 60.7 Å². The van der Waals surface area contributed by atoms with Crippen LogP contribution in [0, 0.1) is 0 Å². The summed E-state index contributed by atoms with van der Waals surface area (Å²) in [5.74, 6) is -1.05. The van der Waals surface area contributed by atoms with Crippen LogP contribution in [0.5, 0.6) is 0 Å². The van der Waals surface area contributed by atoms with Gasteiger partial charge in [-0.05, 0) is 24.5 Å². The van der Waals surface area contributed by atoms with Gasteiger partial charge >= 0.3 is 12.1 Å². The highest BCUT2D eigenvalue weighted by atomic mass is 16.5. The molecule has 0 saturated heterocycles. The molecule has 0 unspecified atom stereocenters. The Morgan fingerprint density at radius 1 is 0.833 bits per heavy atom. The second-order valence-electron chi connectivity index (χ2n) is 6.93. The molecule has 2 atom stereocenters. The smallest absolute Gasteiger partial charge is 0.408 e. The number of carbonyl (C=O) groups excluding carboxylic acids is 3. The van der Waals surface area contributed by atoms with E-state index < -0.39 is 24.0 Å². The molecule has 0 bridgehead atoms. The molecule has 0 aliphatic rings. The predicted octanol–water partition coefficient (Wildman–Crippen LogP) is 3.33. The Balaban J connectivity index is 1.92. The first kappa shape index (κ1) is 22.9. The van der Waals surface area contributed by atoms with Crippen LogP contribution >= 0.6 is 0 Å². The van der Waals surface area contributed by atoms with Crippen LogP contribution < -0.4 is 10.6 Å². The number of nitrogens with one attached hydrogen (secondary N) is 2. The number of amides is 2. The molecule has 2 aromatic rings. The van der Waals surface area contributed by atoms with Gasteiger partial charge in [-0.3, -0.25) is 9.59 Å². The maximum absolute atomic E-state index is 12.5. The third-order valence-electron chi connectivity index (χ3n) is 4.44. The minimum absolute atomic E-state index is 0.0603. The summed E-state index contributed by atoms with van der Waals surface area (Å²) in [4.78, 5) is 37.0. The first-order valence-corrected chi connectivity index (χ1v) is 9.95. The van der Waals surface area contributed by atoms with Crippen molar-refractivity contribution in [2.45, 2.75) is 52.0 Å². The van der Waals surface area contributed by atoms with E-state index in [1.54, 1.807) is 0 Å². The van der Waals surface area contributed by atoms with Gasteiger partial charge < -0.3 is 20.1 Å². The lowest BCUT2D eigenvalue weighted by Gasteiger charge is -2.20. The van der Waals surface area contributed by atoms with Crippen molar-refractivity contribution >= 4 is 18.0 Å². The minimum atomic E-state index is -1.09. The van der Waals surface area contributed by atoms with Gasteiger partial charge in [-0.15, -0.1) is 0 Å². The summed E-state index contributed by atoms with van der Waals surface area (Å²) in [7, 11) is 0. The van der Waals surface area contributed by atoms with Gasteiger partial charge in [-0.25, -0.2) is 4.79 Å². The van der Waals surface area contributed by atoms with Gasteiger partial charge in [0.2, 0.25) is 5.91 Å². The molecule has 2 rings (SSSR count). The number of ether oxygens (including phenoxy) is 2. The molecule has 0 heterocycles. The van der Waals surface area contributed by atoms with Gasteiger partial charge in [0, 0.05) is 6.04 Å². The molecule has 2 aromatic carbocycles. The maximum Gasteiger partial charge on any atom is 0.408 e. The summed E-state index contributed by atoms with van der Waals surface area (Å²) in [6.45, 7) is 3.93. The van der Waals surface area contributed by atoms with Crippen LogP contribution in [-0.4, -0.2) is 30.1 Å². The lowest BCUT2D eigenvalue weighted by atomic mass is 10.1. The predicted molar refractivity (Wildman–Crippen MR) is 112 cm³/mol. The standard InChI is InChI=1S/C23H28N2O5/c1-3-17(2)24-22(27)20(14-21(26)29-15-18-10-6-4-7-11-18)25-23(28)30-16-19-12-8-5-9-13-19/h4-13,17,20H,3,14-16H2,1-2H3,(H,24,27)(H,25,28)/t17-,20-/m0/s1. The number of benzene rings is 2. The first-order valence-electron chi connectivity index (χ1n) is 9.95. The van der Waals surface area contributed by atoms with E-state index in [2.05, 4.69) is 10.6 Å². The van der Waals surface area contributed by atoms with Crippen molar-refractivity contribution in [2.75, 3.05) is 0 Å². The topological polar surface area (TPSA) is 93.7 Å². The fourth-order valence-electron chi connectivity index (χ4n) is 2.53. The summed E-state index contributed by atoms with van der Waals surface area (Å²) in [5.41, 5.74) is 1.65. The normalized spacial score (nSPS) is 12.3. The van der Waals surface area contributed by atoms with Gasteiger partial charge in [0.05, 0.1) is 6.42 Å². The third-order valence-corrected chi connectivity index (χ3v) is 4.44. The summed E-state index contributed by atoms with van der Waals surface area (Å²) < 4.78 is 10.4. The average Bonchev–Trinajstić information content (AvgIpc) is 2.77. The molecule has 0 saturated carbocycles. The van der Waals surface area contributed by atoms with E-state index in [0.717, 1.165) is 17.5 Å². The van der Waals surface area contributed by atoms with E-state index in [9.17, 15) is 14.4 Å². The average molecular weight is 412 g/mol. The molecule has 160 valence electrons. The van der Waals surface area contributed by atoms with Crippen molar-refractivity contribution in [3.8, 4) is 0 Å². The van der Waals surface area contributed by atoms with Crippen molar-refractivity contribution in [2.24, 2.45) is 0 Å². The molecule has 0 spiro atoms. The molecule has 7 nitrogen and oxygen atoms in total. The van der Waals surface area contributed by atoms with Crippen LogP contribution in [0.25, 0.3) is 0 Å². The lowest BCUT2D eigenvalue weighted by molar-refractivity contribution is -0.147. The van der Waals surface area contributed by atoms with Gasteiger partial charge in [-0.1, -0.05) is 67.6 Å². The molecule has 0 radical (unpaired) electrons. The van der Waals surface area contributed by atoms with E-state index in [-0.39, 0.29) is 25.7 Å². The Labute approximate surface area is 176 Å². The van der Waals surface area contributed by atoms with E-state index in [1.807, 2.05) is 74.5 Å². The Hall–Kier alpha value is -3.35. The van der Waals surface area contributed by atoms with Crippen LogP contribution in [0.2, 0.25) is 0 Å². The van der Waals surface area contributed by atoms with Gasteiger partial charge in [-0.2, -0.15) is 0 Å². The molecule has 0 aromatic heterocycles. The lowest BCUT2D eigenvalue weighted by Crippen LogP contribution is -2.50. The number of rotatable bonds is 10. The van der Waals surface area contributed by atoms with E-state index in [4.69, 9.17) is 9.47 Å². The highest BCUT2D eigenvalue weighted by Crippen LogP contribution is 2.05. The highest BCUT2D eigenvalue weighted by molar-refractivity contribution is 5.89. The second-order valence-corrected chi connectivity index (χ2v) is 6.93. The SMILES string of the molecule is CC[C@H](C)NC(=O)[C@H](CC(=O)OCc1ccccc1)NC(=O)OCc1ccccc1.